The van der Waals surface area contributed by atoms with Crippen LogP contribution in [0.1, 0.15) is 25.3 Å². The molecule has 12 heavy (non-hydrogen) atoms. The molecule has 0 radical (unpaired) electrons. The van der Waals surface area contributed by atoms with Gasteiger partial charge < -0.3 is 5.11 Å². The predicted molar refractivity (Wildman–Crippen MR) is 49.9 cm³/mol. The molecule has 0 saturated heterocycles. The van der Waals surface area contributed by atoms with Gasteiger partial charge in [-0.3, -0.25) is 0 Å². The molecule has 1 heteroatoms. The van der Waals surface area contributed by atoms with E-state index in [2.05, 4.69) is 6.92 Å². The van der Waals surface area contributed by atoms with E-state index in [1.165, 1.54) is 24.0 Å². The first-order chi connectivity index (χ1) is 5.77. The lowest BCUT2D eigenvalue weighted by atomic mass is 10.1. The Morgan fingerprint density at radius 3 is 2.25 bits per heavy atom. The van der Waals surface area contributed by atoms with Crippen LogP contribution in [0.4, 0.5) is 0 Å². The number of phenols is 1. The summed E-state index contributed by atoms with van der Waals surface area (Å²) in [5.74, 6) is 0.340. The van der Waals surface area contributed by atoms with Crippen molar-refractivity contribution in [2.24, 2.45) is 0 Å². The number of hydrogen-bond donors (Lipinski definition) is 1. The van der Waals surface area contributed by atoms with Crippen LogP contribution in [0.5, 0.6) is 5.75 Å². The van der Waals surface area contributed by atoms with Crippen LogP contribution in [0, 0.1) is 0 Å². The zero-order chi connectivity index (χ0) is 8.55. The molecule has 2 rings (SSSR count). The Morgan fingerprint density at radius 1 is 1.17 bits per heavy atom. The molecule has 0 bridgehead atoms. The highest BCUT2D eigenvalue weighted by Gasteiger charge is 2.15. The van der Waals surface area contributed by atoms with E-state index in [4.69, 9.17) is 5.11 Å². The summed E-state index contributed by atoms with van der Waals surface area (Å²) in [5, 5.41) is 9.08. The SMILES string of the molecule is CC(=C1CC1)c1ccc(O)cc1. The Bertz CT molecular complexity index is 313. The van der Waals surface area contributed by atoms with Crippen LogP contribution in [-0.2, 0) is 0 Å². The Labute approximate surface area is 72.4 Å². The number of allylic oxidation sites excluding steroid dienone is 2. The zero-order valence-corrected chi connectivity index (χ0v) is 7.17. The summed E-state index contributed by atoms with van der Waals surface area (Å²) in [5.41, 5.74) is 4.18. The maximum absolute atomic E-state index is 9.08. The summed E-state index contributed by atoms with van der Waals surface area (Å²) in [6, 6.07) is 7.41. The first kappa shape index (κ1) is 7.41. The third-order valence-electron chi connectivity index (χ3n) is 2.33. The molecule has 0 unspecified atom stereocenters. The minimum atomic E-state index is 0.340. The molecule has 1 aromatic rings. The van der Waals surface area contributed by atoms with Gasteiger partial charge in [-0.15, -0.1) is 0 Å². The molecule has 0 heterocycles. The predicted octanol–water partition coefficient (Wildman–Crippen LogP) is 2.96. The number of aromatic hydroxyl groups is 1. The minimum Gasteiger partial charge on any atom is -0.508 e. The van der Waals surface area contributed by atoms with Crippen LogP contribution in [0.3, 0.4) is 0 Å². The van der Waals surface area contributed by atoms with Gasteiger partial charge in [0.25, 0.3) is 0 Å². The summed E-state index contributed by atoms with van der Waals surface area (Å²) in [7, 11) is 0. The lowest BCUT2D eigenvalue weighted by molar-refractivity contribution is 0.475. The van der Waals surface area contributed by atoms with Crippen molar-refractivity contribution in [1.29, 1.82) is 0 Å². The molecule has 0 spiro atoms. The first-order valence-electron chi connectivity index (χ1n) is 4.25. The van der Waals surface area contributed by atoms with Crippen molar-refractivity contribution >= 4 is 5.57 Å². The van der Waals surface area contributed by atoms with E-state index in [9.17, 15) is 0 Å². The Kier molecular flexibility index (Phi) is 1.65. The van der Waals surface area contributed by atoms with Gasteiger partial charge in [-0.2, -0.15) is 0 Å². The van der Waals surface area contributed by atoms with Crippen molar-refractivity contribution in [3.05, 3.63) is 35.4 Å². The Morgan fingerprint density at radius 2 is 1.75 bits per heavy atom. The zero-order valence-electron chi connectivity index (χ0n) is 7.17. The third kappa shape index (κ3) is 1.35. The molecule has 1 aromatic carbocycles. The molecule has 0 atom stereocenters. The molecule has 1 aliphatic rings. The van der Waals surface area contributed by atoms with Crippen molar-refractivity contribution in [2.75, 3.05) is 0 Å². The Hall–Kier alpha value is -1.24. The van der Waals surface area contributed by atoms with Gasteiger partial charge in [-0.1, -0.05) is 17.7 Å². The highest BCUT2D eigenvalue weighted by Crippen LogP contribution is 2.36. The maximum atomic E-state index is 9.08. The van der Waals surface area contributed by atoms with Crippen molar-refractivity contribution in [1.82, 2.24) is 0 Å². The van der Waals surface area contributed by atoms with Gasteiger partial charge in [-0.25, -0.2) is 0 Å². The van der Waals surface area contributed by atoms with E-state index < -0.39 is 0 Å². The highest BCUT2D eigenvalue weighted by molar-refractivity contribution is 5.69. The van der Waals surface area contributed by atoms with Crippen LogP contribution in [0.2, 0.25) is 0 Å². The summed E-state index contributed by atoms with van der Waals surface area (Å²) >= 11 is 0. The summed E-state index contributed by atoms with van der Waals surface area (Å²) in [4.78, 5) is 0. The number of benzene rings is 1. The van der Waals surface area contributed by atoms with E-state index in [1.807, 2.05) is 12.1 Å². The van der Waals surface area contributed by atoms with Gasteiger partial charge in [0.1, 0.15) is 5.75 Å². The van der Waals surface area contributed by atoms with E-state index in [1.54, 1.807) is 17.7 Å². The van der Waals surface area contributed by atoms with Crippen molar-refractivity contribution < 1.29 is 5.11 Å². The van der Waals surface area contributed by atoms with Gasteiger partial charge >= 0.3 is 0 Å². The average molecular weight is 160 g/mol. The van der Waals surface area contributed by atoms with E-state index in [0.29, 0.717) is 5.75 Å². The number of phenolic OH excluding ortho intramolecular Hbond substituents is 1. The molecule has 62 valence electrons. The molecule has 0 aromatic heterocycles. The van der Waals surface area contributed by atoms with Gasteiger partial charge in [0, 0.05) is 0 Å². The highest BCUT2D eigenvalue weighted by atomic mass is 16.3. The molecule has 1 N–H and O–H groups in total. The minimum absolute atomic E-state index is 0.340. The van der Waals surface area contributed by atoms with Gasteiger partial charge in [0.2, 0.25) is 0 Å². The standard InChI is InChI=1S/C11H12O/c1-8(9-2-3-9)10-4-6-11(12)7-5-10/h4-7,12H,2-3H2,1H3. The second kappa shape index (κ2) is 2.67. The summed E-state index contributed by atoms with van der Waals surface area (Å²) in [6.45, 7) is 2.15. The molecular formula is C11H12O. The van der Waals surface area contributed by atoms with Crippen LogP contribution < -0.4 is 0 Å². The Balaban J connectivity index is 2.35. The van der Waals surface area contributed by atoms with Crippen molar-refractivity contribution in [3.8, 4) is 5.75 Å². The quantitative estimate of drug-likeness (QED) is 0.669. The lowest BCUT2D eigenvalue weighted by Crippen LogP contribution is -1.77. The fraction of sp³-hybridized carbons (Fsp3) is 0.273. The molecule has 1 saturated carbocycles. The largest absolute Gasteiger partial charge is 0.508 e. The van der Waals surface area contributed by atoms with Crippen molar-refractivity contribution in [3.63, 3.8) is 0 Å². The van der Waals surface area contributed by atoms with Crippen LogP contribution in [-0.4, -0.2) is 5.11 Å². The second-order valence-electron chi connectivity index (χ2n) is 3.28. The van der Waals surface area contributed by atoms with E-state index in [0.717, 1.165) is 0 Å². The van der Waals surface area contributed by atoms with Crippen molar-refractivity contribution in [2.45, 2.75) is 19.8 Å². The monoisotopic (exact) mass is 160 g/mol. The van der Waals surface area contributed by atoms with Gasteiger partial charge in [0.05, 0.1) is 0 Å². The molecule has 1 fully saturated rings. The third-order valence-corrected chi connectivity index (χ3v) is 2.33. The van der Waals surface area contributed by atoms with Gasteiger partial charge in [-0.05, 0) is 43.0 Å². The average Bonchev–Trinajstić information content (AvgIpc) is 2.87. The number of rotatable bonds is 1. The van der Waals surface area contributed by atoms with Crippen LogP contribution in [0.25, 0.3) is 5.57 Å². The normalized spacial score (nSPS) is 14.6. The molecule has 0 amide bonds. The maximum Gasteiger partial charge on any atom is 0.115 e. The summed E-state index contributed by atoms with van der Waals surface area (Å²) < 4.78 is 0. The molecular weight excluding hydrogens is 148 g/mol. The molecule has 1 nitrogen and oxygen atoms in total. The second-order valence-corrected chi connectivity index (χ2v) is 3.28. The van der Waals surface area contributed by atoms with E-state index in [-0.39, 0.29) is 0 Å². The topological polar surface area (TPSA) is 20.2 Å². The fourth-order valence-corrected chi connectivity index (χ4v) is 1.35. The fourth-order valence-electron chi connectivity index (χ4n) is 1.35. The van der Waals surface area contributed by atoms with Crippen LogP contribution >= 0.6 is 0 Å². The van der Waals surface area contributed by atoms with Gasteiger partial charge in [0.15, 0.2) is 0 Å². The smallest absolute Gasteiger partial charge is 0.115 e. The molecule has 0 aliphatic heterocycles. The molecule has 1 aliphatic carbocycles. The lowest BCUT2D eigenvalue weighted by Gasteiger charge is -2.00. The van der Waals surface area contributed by atoms with E-state index >= 15 is 0 Å². The summed E-state index contributed by atoms with van der Waals surface area (Å²) in [6.07, 6.45) is 2.51. The number of hydrogen-bond acceptors (Lipinski definition) is 1. The first-order valence-corrected chi connectivity index (χ1v) is 4.25. The van der Waals surface area contributed by atoms with Crippen LogP contribution in [0.15, 0.2) is 29.8 Å².